The van der Waals surface area contributed by atoms with E-state index in [1.54, 1.807) is 30.8 Å². The van der Waals surface area contributed by atoms with E-state index in [-0.39, 0.29) is 5.69 Å². The van der Waals surface area contributed by atoms with E-state index in [9.17, 15) is 14.9 Å². The molecule has 2 N–H and O–H groups in total. The zero-order chi connectivity index (χ0) is 16.1. The molecule has 0 atom stereocenters. The topological polar surface area (TPSA) is 84.3 Å². The summed E-state index contributed by atoms with van der Waals surface area (Å²) < 4.78 is 0. The lowest BCUT2D eigenvalue weighted by Crippen LogP contribution is -2.19. The standard InChI is InChI=1S/C15H15N3O3S/c1-10-8-12(6-7-14(10)18(20)21)17-15(19)16-11-4-3-5-13(9-11)22-2/h3-9H,1-2H3,(H2,16,17,19). The van der Waals surface area contributed by atoms with Crippen molar-refractivity contribution in [1.29, 1.82) is 0 Å². The molecular formula is C15H15N3O3S. The van der Waals surface area contributed by atoms with Gasteiger partial charge in [0.1, 0.15) is 0 Å². The van der Waals surface area contributed by atoms with Gasteiger partial charge < -0.3 is 10.6 Å². The molecule has 0 spiro atoms. The summed E-state index contributed by atoms with van der Waals surface area (Å²) in [6.07, 6.45) is 1.96. The number of hydrogen-bond donors (Lipinski definition) is 2. The van der Waals surface area contributed by atoms with Crippen molar-refractivity contribution in [3.63, 3.8) is 0 Å². The number of nitrogens with zero attached hydrogens (tertiary/aromatic N) is 1. The van der Waals surface area contributed by atoms with Crippen molar-refractivity contribution in [2.75, 3.05) is 16.9 Å². The molecule has 2 aromatic rings. The molecule has 2 rings (SSSR count). The molecule has 0 fully saturated rings. The summed E-state index contributed by atoms with van der Waals surface area (Å²) in [4.78, 5) is 23.3. The average Bonchev–Trinajstić information content (AvgIpc) is 2.47. The van der Waals surface area contributed by atoms with Crippen molar-refractivity contribution in [3.8, 4) is 0 Å². The summed E-state index contributed by atoms with van der Waals surface area (Å²) >= 11 is 1.58. The number of carbonyl (C=O) groups excluding carboxylic acids is 1. The number of anilines is 2. The van der Waals surface area contributed by atoms with Crippen LogP contribution >= 0.6 is 11.8 Å². The van der Waals surface area contributed by atoms with Gasteiger partial charge >= 0.3 is 6.03 Å². The highest BCUT2D eigenvalue weighted by Gasteiger charge is 2.11. The van der Waals surface area contributed by atoms with Gasteiger partial charge in [0, 0.05) is 27.9 Å². The van der Waals surface area contributed by atoms with Crippen molar-refractivity contribution in [1.82, 2.24) is 0 Å². The Balaban J connectivity index is 2.05. The summed E-state index contributed by atoms with van der Waals surface area (Å²) in [5.41, 5.74) is 1.70. The van der Waals surface area contributed by atoms with Crippen LogP contribution in [-0.2, 0) is 0 Å². The van der Waals surface area contributed by atoms with Crippen LogP contribution < -0.4 is 10.6 Å². The number of hydrogen-bond acceptors (Lipinski definition) is 4. The molecule has 0 aliphatic rings. The summed E-state index contributed by atoms with van der Waals surface area (Å²) in [7, 11) is 0. The van der Waals surface area contributed by atoms with E-state index in [4.69, 9.17) is 0 Å². The monoisotopic (exact) mass is 317 g/mol. The van der Waals surface area contributed by atoms with Crippen LogP contribution in [0.4, 0.5) is 21.9 Å². The van der Waals surface area contributed by atoms with Gasteiger partial charge in [0.25, 0.3) is 5.69 Å². The van der Waals surface area contributed by atoms with E-state index < -0.39 is 11.0 Å². The van der Waals surface area contributed by atoms with Crippen LogP contribution in [0.5, 0.6) is 0 Å². The predicted molar refractivity (Wildman–Crippen MR) is 88.7 cm³/mol. The van der Waals surface area contributed by atoms with Gasteiger partial charge in [-0.1, -0.05) is 6.07 Å². The molecule has 0 saturated carbocycles. The molecule has 2 aromatic carbocycles. The van der Waals surface area contributed by atoms with Gasteiger partial charge in [-0.25, -0.2) is 4.79 Å². The molecule has 22 heavy (non-hydrogen) atoms. The Labute approximate surface area is 132 Å². The molecule has 0 aromatic heterocycles. The highest BCUT2D eigenvalue weighted by atomic mass is 32.2. The molecule has 2 amide bonds. The van der Waals surface area contributed by atoms with Crippen LogP contribution in [0.15, 0.2) is 47.4 Å². The summed E-state index contributed by atoms with van der Waals surface area (Å²) in [6.45, 7) is 1.63. The molecule has 0 aliphatic carbocycles. The Kier molecular flexibility index (Phi) is 5.00. The van der Waals surface area contributed by atoms with Gasteiger partial charge in [-0.3, -0.25) is 10.1 Å². The molecule has 0 saturated heterocycles. The van der Waals surface area contributed by atoms with Gasteiger partial charge in [-0.2, -0.15) is 0 Å². The Morgan fingerprint density at radius 1 is 1.14 bits per heavy atom. The van der Waals surface area contributed by atoms with Crippen LogP contribution in [0.2, 0.25) is 0 Å². The number of carbonyl (C=O) groups is 1. The maximum Gasteiger partial charge on any atom is 0.323 e. The van der Waals surface area contributed by atoms with Gasteiger partial charge in [0.05, 0.1) is 4.92 Å². The van der Waals surface area contributed by atoms with E-state index in [2.05, 4.69) is 10.6 Å². The molecule has 7 heteroatoms. The van der Waals surface area contributed by atoms with Crippen molar-refractivity contribution < 1.29 is 9.72 Å². The van der Waals surface area contributed by atoms with Crippen LogP contribution in [0.25, 0.3) is 0 Å². The minimum Gasteiger partial charge on any atom is -0.308 e. The first-order valence-corrected chi connectivity index (χ1v) is 7.69. The number of thioether (sulfide) groups is 1. The fraction of sp³-hybridized carbons (Fsp3) is 0.133. The molecule has 0 bridgehead atoms. The summed E-state index contributed by atoms with van der Waals surface area (Å²) in [6, 6.07) is 11.5. The SMILES string of the molecule is CSc1cccc(NC(=O)Nc2ccc([N+](=O)[O-])c(C)c2)c1. The second-order valence-corrected chi connectivity index (χ2v) is 5.45. The van der Waals surface area contributed by atoms with Crippen LogP contribution in [0.3, 0.4) is 0 Å². The molecule has 114 valence electrons. The lowest BCUT2D eigenvalue weighted by atomic mass is 10.2. The van der Waals surface area contributed by atoms with Crippen molar-refractivity contribution in [3.05, 3.63) is 58.1 Å². The van der Waals surface area contributed by atoms with Crippen LogP contribution in [0.1, 0.15) is 5.56 Å². The molecule has 0 radical (unpaired) electrons. The average molecular weight is 317 g/mol. The third-order valence-corrected chi connectivity index (χ3v) is 3.70. The molecule has 0 aliphatic heterocycles. The Hall–Kier alpha value is -2.54. The number of aryl methyl sites for hydroxylation is 1. The molecule has 0 heterocycles. The first kappa shape index (κ1) is 15.8. The zero-order valence-corrected chi connectivity index (χ0v) is 12.9. The zero-order valence-electron chi connectivity index (χ0n) is 12.1. The number of amides is 2. The number of nitro groups is 1. The second kappa shape index (κ2) is 6.95. The smallest absolute Gasteiger partial charge is 0.308 e. The molecule has 0 unspecified atom stereocenters. The Morgan fingerprint density at radius 3 is 2.41 bits per heavy atom. The van der Waals surface area contributed by atoms with Crippen LogP contribution in [0, 0.1) is 17.0 Å². The van der Waals surface area contributed by atoms with Crippen molar-refractivity contribution in [2.24, 2.45) is 0 Å². The van der Waals surface area contributed by atoms with E-state index >= 15 is 0 Å². The van der Waals surface area contributed by atoms with E-state index in [0.717, 1.165) is 4.90 Å². The molecule has 6 nitrogen and oxygen atoms in total. The van der Waals surface area contributed by atoms with Crippen molar-refractivity contribution in [2.45, 2.75) is 11.8 Å². The van der Waals surface area contributed by atoms with Crippen molar-refractivity contribution >= 4 is 34.9 Å². The number of urea groups is 1. The predicted octanol–water partition coefficient (Wildman–Crippen LogP) is 4.27. The minimum atomic E-state index is -0.451. The normalized spacial score (nSPS) is 10.1. The van der Waals surface area contributed by atoms with Gasteiger partial charge in [-0.05, 0) is 43.5 Å². The first-order chi connectivity index (χ1) is 10.5. The first-order valence-electron chi connectivity index (χ1n) is 6.46. The van der Waals surface area contributed by atoms with E-state index in [1.165, 1.54) is 12.1 Å². The Bertz CT molecular complexity index is 719. The third kappa shape index (κ3) is 3.98. The summed E-state index contributed by atoms with van der Waals surface area (Å²) in [5.74, 6) is 0. The van der Waals surface area contributed by atoms with Gasteiger partial charge in [0.15, 0.2) is 0 Å². The fourth-order valence-electron chi connectivity index (χ4n) is 1.93. The highest BCUT2D eigenvalue weighted by Crippen LogP contribution is 2.22. The lowest BCUT2D eigenvalue weighted by Gasteiger charge is -2.09. The maximum atomic E-state index is 11.9. The second-order valence-electron chi connectivity index (χ2n) is 4.57. The number of benzene rings is 2. The number of rotatable bonds is 4. The summed E-state index contributed by atoms with van der Waals surface area (Å²) in [5, 5.41) is 16.1. The Morgan fingerprint density at radius 2 is 1.82 bits per heavy atom. The van der Waals surface area contributed by atoms with Crippen LogP contribution in [-0.4, -0.2) is 17.2 Å². The fourth-order valence-corrected chi connectivity index (χ4v) is 2.39. The number of nitrogens with one attached hydrogen (secondary N) is 2. The highest BCUT2D eigenvalue weighted by molar-refractivity contribution is 7.98. The largest absolute Gasteiger partial charge is 0.323 e. The van der Waals surface area contributed by atoms with Gasteiger partial charge in [0.2, 0.25) is 0 Å². The van der Waals surface area contributed by atoms with E-state index in [0.29, 0.717) is 16.9 Å². The maximum absolute atomic E-state index is 11.9. The minimum absolute atomic E-state index is 0.0265. The third-order valence-electron chi connectivity index (χ3n) is 2.98. The molecular weight excluding hydrogens is 302 g/mol. The lowest BCUT2D eigenvalue weighted by molar-refractivity contribution is -0.385. The van der Waals surface area contributed by atoms with Gasteiger partial charge in [-0.15, -0.1) is 11.8 Å². The van der Waals surface area contributed by atoms with E-state index in [1.807, 2.05) is 24.5 Å². The number of nitro benzene ring substituents is 1. The quantitative estimate of drug-likeness (QED) is 0.501.